The monoisotopic (exact) mass is 578 g/mol. The molecule has 3 heterocycles. The molecule has 1 unspecified atom stereocenters. The van der Waals surface area contributed by atoms with Gasteiger partial charge in [-0.25, -0.2) is 0 Å². The van der Waals surface area contributed by atoms with Crippen molar-refractivity contribution < 1.29 is 35.9 Å². The summed E-state index contributed by atoms with van der Waals surface area (Å²) in [6.45, 7) is 0.484. The van der Waals surface area contributed by atoms with Crippen LogP contribution in [0.3, 0.4) is 0 Å². The molecule has 0 N–H and O–H groups in total. The van der Waals surface area contributed by atoms with Crippen LogP contribution in [0.2, 0.25) is 0 Å². The highest BCUT2D eigenvalue weighted by atomic mass is 32.2. The number of likely N-dealkylation sites (tertiary alicyclic amines) is 1. The Labute approximate surface area is 228 Å². The van der Waals surface area contributed by atoms with Crippen LogP contribution in [-0.2, 0) is 23.7 Å². The molecule has 0 bridgehead atoms. The van der Waals surface area contributed by atoms with Gasteiger partial charge in [-0.15, -0.1) is 0 Å². The molecular weight excluding hydrogens is 558 g/mol. The maximum absolute atomic E-state index is 13.6. The van der Waals surface area contributed by atoms with Gasteiger partial charge in [0.25, 0.3) is 5.91 Å². The molecule has 208 valence electrons. The van der Waals surface area contributed by atoms with Crippen molar-refractivity contribution in [2.75, 3.05) is 13.6 Å². The highest BCUT2D eigenvalue weighted by molar-refractivity contribution is 8.18. The number of rotatable bonds is 3. The van der Waals surface area contributed by atoms with Gasteiger partial charge in [-0.2, -0.15) is 36.3 Å². The number of carbonyl (C=O) groups is 2. The van der Waals surface area contributed by atoms with Crippen LogP contribution < -0.4 is 0 Å². The quantitative estimate of drug-likeness (QED) is 0.210. The second-order valence-corrected chi connectivity index (χ2v) is 10.4. The van der Waals surface area contributed by atoms with Gasteiger partial charge in [-0.1, -0.05) is 18.1 Å². The number of amides is 2. The lowest BCUT2D eigenvalue weighted by atomic mass is 10.0. The van der Waals surface area contributed by atoms with E-state index in [1.54, 1.807) is 18.2 Å². The third kappa shape index (κ3) is 5.59. The number of carbonyl (C=O) groups excluding carboxylic acids is 2. The highest BCUT2D eigenvalue weighted by Crippen LogP contribution is 2.38. The molecule has 0 radical (unpaired) electrons. The first-order valence-corrected chi connectivity index (χ1v) is 12.8. The number of hydrogen-bond donors (Lipinski definition) is 0. The van der Waals surface area contributed by atoms with Gasteiger partial charge in [0.05, 0.1) is 40.3 Å². The minimum absolute atomic E-state index is 0.0210. The standard InChI is InChI=1S/C27H20F6N4O2S/c1-35-9-2-3-20(35)8-10-36-24(38)23(40-25(36)39)12-16-4-7-22-18(11-16)14-34-37(22)15-17-5-6-19(26(28,29)30)13-21(17)27(31,32)33/h4-7,11-14,20H,2-3,9,15H2,1H3. The van der Waals surface area contributed by atoms with Gasteiger partial charge in [0.2, 0.25) is 0 Å². The van der Waals surface area contributed by atoms with E-state index in [1.165, 1.54) is 17.0 Å². The van der Waals surface area contributed by atoms with Crippen LogP contribution in [0.4, 0.5) is 31.1 Å². The molecule has 2 amide bonds. The Morgan fingerprint density at radius 3 is 2.52 bits per heavy atom. The minimum atomic E-state index is -4.99. The summed E-state index contributed by atoms with van der Waals surface area (Å²) >= 11 is 0.754. The van der Waals surface area contributed by atoms with E-state index < -0.39 is 41.2 Å². The first-order valence-electron chi connectivity index (χ1n) is 12.0. The molecule has 0 saturated carbocycles. The number of nitrogens with zero attached hydrogens (tertiary/aromatic N) is 4. The molecule has 1 aromatic heterocycles. The van der Waals surface area contributed by atoms with Crippen LogP contribution in [0.1, 0.15) is 35.1 Å². The van der Waals surface area contributed by atoms with E-state index in [-0.39, 0.29) is 22.6 Å². The number of fused-ring (bicyclic) bond motifs is 1. The van der Waals surface area contributed by atoms with Crippen molar-refractivity contribution in [3.8, 4) is 12.0 Å². The van der Waals surface area contributed by atoms with Gasteiger partial charge < -0.3 is 0 Å². The van der Waals surface area contributed by atoms with E-state index >= 15 is 0 Å². The third-order valence-corrected chi connectivity index (χ3v) is 7.55. The van der Waals surface area contributed by atoms with Gasteiger partial charge in [-0.3, -0.25) is 19.2 Å². The number of alkyl halides is 6. The van der Waals surface area contributed by atoms with E-state index in [4.69, 9.17) is 0 Å². The molecule has 2 aliphatic heterocycles. The lowest BCUT2D eigenvalue weighted by Gasteiger charge is -2.16. The van der Waals surface area contributed by atoms with E-state index in [1.807, 2.05) is 7.05 Å². The Morgan fingerprint density at radius 1 is 1.07 bits per heavy atom. The SMILES string of the molecule is CN1CCCC1C#CN1C(=O)SC(=Cc2ccc3c(cnn3Cc3ccc(C(F)(F)F)cc3C(F)(F)F)c2)C1=O. The lowest BCUT2D eigenvalue weighted by Crippen LogP contribution is -2.26. The fourth-order valence-electron chi connectivity index (χ4n) is 4.58. The van der Waals surface area contributed by atoms with Crippen molar-refractivity contribution in [2.45, 2.75) is 37.8 Å². The number of halogens is 6. The molecule has 40 heavy (non-hydrogen) atoms. The van der Waals surface area contributed by atoms with Gasteiger partial charge >= 0.3 is 17.6 Å². The average molecular weight is 579 g/mol. The Hall–Kier alpha value is -3.76. The summed E-state index contributed by atoms with van der Waals surface area (Å²) in [5.41, 5.74) is -2.16. The van der Waals surface area contributed by atoms with Gasteiger partial charge in [0.15, 0.2) is 0 Å². The molecule has 6 nitrogen and oxygen atoms in total. The van der Waals surface area contributed by atoms with Gasteiger partial charge in [0, 0.05) is 11.4 Å². The van der Waals surface area contributed by atoms with Crippen molar-refractivity contribution in [3.63, 3.8) is 0 Å². The summed E-state index contributed by atoms with van der Waals surface area (Å²) in [4.78, 5) is 28.3. The van der Waals surface area contributed by atoms with Crippen LogP contribution in [0, 0.1) is 12.0 Å². The number of benzene rings is 2. The van der Waals surface area contributed by atoms with Crippen molar-refractivity contribution in [2.24, 2.45) is 0 Å². The summed E-state index contributed by atoms with van der Waals surface area (Å²) in [6, 6.07) is 8.99. The molecule has 3 aromatic rings. The molecule has 2 aromatic carbocycles. The van der Waals surface area contributed by atoms with Gasteiger partial charge in [0.1, 0.15) is 0 Å². The first kappa shape index (κ1) is 27.8. The fraction of sp³-hybridized carbons (Fsp3) is 0.296. The molecule has 2 fully saturated rings. The van der Waals surface area contributed by atoms with E-state index in [9.17, 15) is 35.9 Å². The summed E-state index contributed by atoms with van der Waals surface area (Å²) in [6.07, 6.45) is -5.14. The highest BCUT2D eigenvalue weighted by Gasteiger charge is 2.38. The van der Waals surface area contributed by atoms with Crippen molar-refractivity contribution in [1.29, 1.82) is 0 Å². The predicted molar refractivity (Wildman–Crippen MR) is 137 cm³/mol. The molecule has 1 atom stereocenters. The van der Waals surface area contributed by atoms with Crippen molar-refractivity contribution >= 4 is 39.9 Å². The Kier molecular flexibility index (Phi) is 7.18. The van der Waals surface area contributed by atoms with Crippen LogP contribution in [0.25, 0.3) is 17.0 Å². The van der Waals surface area contributed by atoms with Crippen molar-refractivity contribution in [1.82, 2.24) is 19.6 Å². The first-order chi connectivity index (χ1) is 18.8. The van der Waals surface area contributed by atoms with E-state index in [2.05, 4.69) is 22.0 Å². The third-order valence-electron chi connectivity index (χ3n) is 6.68. The summed E-state index contributed by atoms with van der Waals surface area (Å²) in [7, 11) is 1.93. The van der Waals surface area contributed by atoms with Gasteiger partial charge in [-0.05, 0) is 79.7 Å². The zero-order chi connectivity index (χ0) is 28.8. The molecule has 2 aliphatic rings. The van der Waals surface area contributed by atoms with Crippen LogP contribution in [-0.4, -0.2) is 50.4 Å². The summed E-state index contributed by atoms with van der Waals surface area (Å²) in [5, 5.41) is 4.14. The van der Waals surface area contributed by atoms with Crippen LogP contribution >= 0.6 is 11.8 Å². The molecule has 2 saturated heterocycles. The lowest BCUT2D eigenvalue weighted by molar-refractivity contribution is -0.143. The number of imide groups is 1. The molecular formula is C27H20F6N4O2S. The second kappa shape index (κ2) is 10.3. The Balaban J connectivity index is 1.38. The van der Waals surface area contributed by atoms with Crippen LogP contribution in [0.15, 0.2) is 47.5 Å². The smallest absolute Gasteiger partial charge is 0.293 e. The zero-order valence-corrected chi connectivity index (χ0v) is 21.6. The van der Waals surface area contributed by atoms with Crippen LogP contribution in [0.5, 0.6) is 0 Å². The number of aromatic nitrogens is 2. The molecule has 0 aliphatic carbocycles. The zero-order valence-electron chi connectivity index (χ0n) is 20.8. The Bertz CT molecular complexity index is 1600. The second-order valence-electron chi connectivity index (χ2n) is 9.40. The molecule has 5 rings (SSSR count). The summed E-state index contributed by atoms with van der Waals surface area (Å²) < 4.78 is 80.9. The topological polar surface area (TPSA) is 58.4 Å². The maximum Gasteiger partial charge on any atom is 0.416 e. The minimum Gasteiger partial charge on any atom is -0.293 e. The fourth-order valence-corrected chi connectivity index (χ4v) is 5.37. The summed E-state index contributed by atoms with van der Waals surface area (Å²) in [5.74, 6) is 2.43. The molecule has 0 spiro atoms. The largest absolute Gasteiger partial charge is 0.416 e. The normalized spacial score (nSPS) is 19.6. The average Bonchev–Trinajstić information content (AvgIpc) is 3.54. The van der Waals surface area contributed by atoms with E-state index in [0.717, 1.165) is 42.1 Å². The Morgan fingerprint density at radius 2 is 1.85 bits per heavy atom. The van der Waals surface area contributed by atoms with Crippen molar-refractivity contribution in [3.05, 3.63) is 69.8 Å². The van der Waals surface area contributed by atoms with E-state index in [0.29, 0.717) is 22.5 Å². The maximum atomic E-state index is 13.6. The predicted octanol–water partition coefficient (Wildman–Crippen LogP) is 6.21. The number of thioether (sulfide) groups is 1. The number of hydrogen-bond acceptors (Lipinski definition) is 5. The molecule has 13 heteroatoms.